The number of ether oxygens (including phenoxy) is 2. The molecule has 104 valence electrons. The molecule has 0 spiro atoms. The van der Waals surface area contributed by atoms with E-state index >= 15 is 0 Å². The fourth-order valence-electron chi connectivity index (χ4n) is 2.32. The second-order valence-corrected chi connectivity index (χ2v) is 5.62. The summed E-state index contributed by atoms with van der Waals surface area (Å²) < 4.78 is 11.7. The van der Waals surface area contributed by atoms with Crippen molar-refractivity contribution in [1.82, 2.24) is 9.97 Å². The number of hydrogen-bond acceptors (Lipinski definition) is 5. The van der Waals surface area contributed by atoms with Crippen molar-refractivity contribution in [3.63, 3.8) is 0 Å². The third-order valence-electron chi connectivity index (χ3n) is 3.25. The Hall–Kier alpha value is -2.40. The summed E-state index contributed by atoms with van der Waals surface area (Å²) in [4.78, 5) is 10.5. The first kappa shape index (κ1) is 12.3. The van der Waals surface area contributed by atoms with Crippen LogP contribution in [0.3, 0.4) is 0 Å². The molecule has 0 radical (unpaired) electrons. The Morgan fingerprint density at radius 1 is 0.810 bits per heavy atom. The van der Waals surface area contributed by atoms with Crippen molar-refractivity contribution in [3.8, 4) is 32.4 Å². The predicted molar refractivity (Wildman–Crippen MR) is 81.8 cm³/mol. The van der Waals surface area contributed by atoms with E-state index < -0.39 is 0 Å². The molecule has 0 unspecified atom stereocenters. The van der Waals surface area contributed by atoms with Gasteiger partial charge in [0, 0.05) is 35.9 Å². The van der Waals surface area contributed by atoms with Crippen molar-refractivity contribution in [1.29, 1.82) is 0 Å². The van der Waals surface area contributed by atoms with Crippen molar-refractivity contribution < 1.29 is 9.47 Å². The molecule has 3 aromatic heterocycles. The van der Waals surface area contributed by atoms with Gasteiger partial charge < -0.3 is 9.47 Å². The lowest BCUT2D eigenvalue weighted by atomic mass is 10.2. The number of thiophene rings is 1. The minimum atomic E-state index is 0.573. The minimum absolute atomic E-state index is 0.573. The second kappa shape index (κ2) is 5.18. The van der Waals surface area contributed by atoms with Gasteiger partial charge >= 0.3 is 0 Å². The van der Waals surface area contributed by atoms with Gasteiger partial charge in [0.25, 0.3) is 0 Å². The van der Waals surface area contributed by atoms with Crippen LogP contribution in [0.15, 0.2) is 49.1 Å². The van der Waals surface area contributed by atoms with E-state index in [-0.39, 0.29) is 0 Å². The predicted octanol–water partition coefficient (Wildman–Crippen LogP) is 3.64. The van der Waals surface area contributed by atoms with Gasteiger partial charge in [0.1, 0.15) is 13.2 Å². The summed E-state index contributed by atoms with van der Waals surface area (Å²) in [6.45, 7) is 1.15. The van der Waals surface area contributed by atoms with E-state index in [2.05, 4.69) is 9.97 Å². The highest BCUT2D eigenvalue weighted by atomic mass is 32.1. The second-order valence-electron chi connectivity index (χ2n) is 4.60. The van der Waals surface area contributed by atoms with E-state index in [1.165, 1.54) is 0 Å². The van der Waals surface area contributed by atoms with Crippen LogP contribution >= 0.6 is 11.3 Å². The van der Waals surface area contributed by atoms with Gasteiger partial charge in [-0.05, 0) is 12.1 Å². The zero-order valence-corrected chi connectivity index (χ0v) is 12.0. The lowest BCUT2D eigenvalue weighted by molar-refractivity contribution is 0.175. The van der Waals surface area contributed by atoms with Crippen molar-refractivity contribution in [2.45, 2.75) is 0 Å². The molecule has 4 heterocycles. The molecule has 1 aliphatic heterocycles. The fourth-order valence-corrected chi connectivity index (χ4v) is 3.49. The Labute approximate surface area is 126 Å². The minimum Gasteiger partial charge on any atom is -0.485 e. The fraction of sp³-hybridized carbons (Fsp3) is 0.125. The van der Waals surface area contributed by atoms with Gasteiger partial charge in [0.15, 0.2) is 11.5 Å². The van der Waals surface area contributed by atoms with Crippen LogP contribution in [0.1, 0.15) is 0 Å². The van der Waals surface area contributed by atoms with Gasteiger partial charge in [-0.1, -0.05) is 12.1 Å². The maximum Gasteiger partial charge on any atom is 0.180 e. The van der Waals surface area contributed by atoms with Crippen LogP contribution in [0.2, 0.25) is 0 Å². The average molecular weight is 296 g/mol. The molecule has 0 saturated heterocycles. The van der Waals surface area contributed by atoms with Gasteiger partial charge in [-0.2, -0.15) is 0 Å². The van der Waals surface area contributed by atoms with Gasteiger partial charge in [0.05, 0.1) is 9.75 Å². The Kier molecular flexibility index (Phi) is 3.05. The summed E-state index contributed by atoms with van der Waals surface area (Å²) in [6, 6.07) is 7.91. The molecule has 4 rings (SSSR count). The van der Waals surface area contributed by atoms with Crippen LogP contribution in [0.5, 0.6) is 11.5 Å². The lowest BCUT2D eigenvalue weighted by Gasteiger charge is -2.17. The smallest absolute Gasteiger partial charge is 0.180 e. The first-order valence-corrected chi connectivity index (χ1v) is 7.48. The highest BCUT2D eigenvalue weighted by Gasteiger charge is 2.26. The van der Waals surface area contributed by atoms with Crippen molar-refractivity contribution in [2.24, 2.45) is 0 Å². The van der Waals surface area contributed by atoms with E-state index in [0.29, 0.717) is 13.2 Å². The van der Waals surface area contributed by atoms with E-state index in [1.54, 1.807) is 23.7 Å². The van der Waals surface area contributed by atoms with Gasteiger partial charge in [-0.3, -0.25) is 9.97 Å². The Morgan fingerprint density at radius 3 is 1.76 bits per heavy atom. The summed E-state index contributed by atoms with van der Waals surface area (Å²) in [7, 11) is 0. The molecule has 0 amide bonds. The van der Waals surface area contributed by atoms with Crippen molar-refractivity contribution >= 4 is 11.3 Å². The molecule has 0 aromatic carbocycles. The molecule has 21 heavy (non-hydrogen) atoms. The molecule has 0 atom stereocenters. The van der Waals surface area contributed by atoms with E-state index in [4.69, 9.17) is 9.47 Å². The Balaban J connectivity index is 1.92. The van der Waals surface area contributed by atoms with Crippen LogP contribution in [0, 0.1) is 0 Å². The summed E-state index contributed by atoms with van der Waals surface area (Å²) >= 11 is 1.65. The SMILES string of the molecule is c1cncc(-c2sc(-c3cccnc3)c3c2OCCO3)c1. The number of fused-ring (bicyclic) bond motifs is 1. The number of aromatic nitrogens is 2. The van der Waals surface area contributed by atoms with Gasteiger partial charge in [-0.25, -0.2) is 0 Å². The topological polar surface area (TPSA) is 44.2 Å². The summed E-state index contributed by atoms with van der Waals surface area (Å²) in [5.41, 5.74) is 2.08. The van der Waals surface area contributed by atoms with E-state index in [0.717, 1.165) is 32.4 Å². The lowest BCUT2D eigenvalue weighted by Crippen LogP contribution is -2.14. The maximum absolute atomic E-state index is 5.85. The number of hydrogen-bond donors (Lipinski definition) is 0. The molecule has 3 aromatic rings. The van der Waals surface area contributed by atoms with Crippen LogP contribution in [-0.2, 0) is 0 Å². The summed E-state index contributed by atoms with van der Waals surface area (Å²) in [6.07, 6.45) is 7.22. The van der Waals surface area contributed by atoms with E-state index in [1.807, 2.05) is 36.7 Å². The largest absolute Gasteiger partial charge is 0.485 e. The first-order valence-electron chi connectivity index (χ1n) is 6.66. The quantitative estimate of drug-likeness (QED) is 0.724. The van der Waals surface area contributed by atoms with E-state index in [9.17, 15) is 0 Å². The Morgan fingerprint density at radius 2 is 1.33 bits per heavy atom. The van der Waals surface area contributed by atoms with Gasteiger partial charge in [0.2, 0.25) is 0 Å². The highest BCUT2D eigenvalue weighted by Crippen LogP contribution is 2.53. The molecule has 0 saturated carbocycles. The third-order valence-corrected chi connectivity index (χ3v) is 4.50. The molecular formula is C16H12N2O2S. The Bertz CT molecular complexity index is 693. The molecular weight excluding hydrogens is 284 g/mol. The average Bonchev–Trinajstić information content (AvgIpc) is 2.96. The number of nitrogens with zero attached hydrogens (tertiary/aromatic N) is 2. The van der Waals surface area contributed by atoms with Crippen LogP contribution in [0.4, 0.5) is 0 Å². The molecule has 0 bridgehead atoms. The summed E-state index contributed by atoms with van der Waals surface area (Å²) in [5.74, 6) is 1.64. The van der Waals surface area contributed by atoms with Crippen LogP contribution < -0.4 is 9.47 Å². The van der Waals surface area contributed by atoms with Crippen LogP contribution in [-0.4, -0.2) is 23.2 Å². The first-order chi connectivity index (χ1) is 10.4. The van der Waals surface area contributed by atoms with Crippen molar-refractivity contribution in [2.75, 3.05) is 13.2 Å². The third kappa shape index (κ3) is 2.15. The zero-order chi connectivity index (χ0) is 14.1. The van der Waals surface area contributed by atoms with Gasteiger partial charge in [-0.15, -0.1) is 11.3 Å². The zero-order valence-electron chi connectivity index (χ0n) is 11.2. The highest BCUT2D eigenvalue weighted by molar-refractivity contribution is 7.19. The molecule has 0 aliphatic carbocycles. The molecule has 4 nitrogen and oxygen atoms in total. The number of pyridine rings is 2. The number of rotatable bonds is 2. The molecule has 0 fully saturated rings. The standard InChI is InChI=1S/C16H12N2O2S/c1-3-11(9-17-5-1)15-13-14(20-8-7-19-13)16(21-15)12-4-2-6-18-10-12/h1-6,9-10H,7-8H2. The monoisotopic (exact) mass is 296 g/mol. The van der Waals surface area contributed by atoms with Crippen molar-refractivity contribution in [3.05, 3.63) is 49.1 Å². The molecule has 1 aliphatic rings. The summed E-state index contributed by atoms with van der Waals surface area (Å²) in [5, 5.41) is 0. The molecule has 0 N–H and O–H groups in total. The molecule has 5 heteroatoms. The maximum atomic E-state index is 5.85. The van der Waals surface area contributed by atoms with Crippen LogP contribution in [0.25, 0.3) is 20.9 Å². The normalized spacial score (nSPS) is 13.1.